The molecule has 15 heavy (non-hydrogen) atoms. The number of hydrogen-bond acceptors (Lipinski definition) is 1. The van der Waals surface area contributed by atoms with Gasteiger partial charge in [-0.2, -0.15) is 0 Å². The second kappa shape index (κ2) is 3.66. The Morgan fingerprint density at radius 3 is 2.67 bits per heavy atom. The molecule has 0 aliphatic heterocycles. The van der Waals surface area contributed by atoms with Gasteiger partial charge in [-0.25, -0.2) is 4.79 Å². The lowest BCUT2D eigenvalue weighted by Gasteiger charge is -2.04. The Morgan fingerprint density at radius 2 is 2.00 bits per heavy atom. The van der Waals surface area contributed by atoms with Gasteiger partial charge in [0, 0.05) is 4.47 Å². The van der Waals surface area contributed by atoms with E-state index in [4.69, 9.17) is 5.11 Å². The minimum Gasteiger partial charge on any atom is -0.478 e. The van der Waals surface area contributed by atoms with E-state index in [9.17, 15) is 4.79 Å². The van der Waals surface area contributed by atoms with Crippen LogP contribution in [0.25, 0.3) is 10.8 Å². The van der Waals surface area contributed by atoms with Crippen LogP contribution in [0, 0.1) is 6.92 Å². The van der Waals surface area contributed by atoms with Crippen molar-refractivity contribution in [2.45, 2.75) is 6.92 Å². The highest BCUT2D eigenvalue weighted by Gasteiger charge is 2.07. The molecule has 0 aliphatic rings. The fourth-order valence-electron chi connectivity index (χ4n) is 1.55. The molecular formula is C12H9BrO2. The molecule has 0 saturated heterocycles. The van der Waals surface area contributed by atoms with Gasteiger partial charge in [-0.1, -0.05) is 39.7 Å². The number of hydrogen-bond donors (Lipinski definition) is 1. The average molecular weight is 265 g/mol. The fourth-order valence-corrected chi connectivity index (χ4v) is 2.14. The molecule has 0 atom stereocenters. The molecule has 0 saturated carbocycles. The van der Waals surface area contributed by atoms with Crippen LogP contribution in [-0.2, 0) is 0 Å². The van der Waals surface area contributed by atoms with Crippen LogP contribution >= 0.6 is 15.9 Å². The van der Waals surface area contributed by atoms with Crippen LogP contribution < -0.4 is 0 Å². The van der Waals surface area contributed by atoms with E-state index in [0.29, 0.717) is 5.56 Å². The summed E-state index contributed by atoms with van der Waals surface area (Å²) in [5.74, 6) is -0.904. The molecule has 3 heteroatoms. The topological polar surface area (TPSA) is 37.3 Å². The molecule has 0 radical (unpaired) electrons. The van der Waals surface area contributed by atoms with Crippen LogP contribution in [0.5, 0.6) is 0 Å². The first kappa shape index (κ1) is 10.2. The molecule has 0 unspecified atom stereocenters. The normalized spacial score (nSPS) is 10.5. The van der Waals surface area contributed by atoms with Crippen molar-refractivity contribution in [2.75, 3.05) is 0 Å². The first-order valence-corrected chi connectivity index (χ1v) is 5.30. The average Bonchev–Trinajstić information content (AvgIpc) is 2.18. The van der Waals surface area contributed by atoms with Crippen LogP contribution in [0.1, 0.15) is 15.9 Å². The highest BCUT2D eigenvalue weighted by Crippen LogP contribution is 2.26. The summed E-state index contributed by atoms with van der Waals surface area (Å²) in [6.07, 6.45) is 0. The molecule has 0 fully saturated rings. The minimum absolute atomic E-state index is 0.304. The van der Waals surface area contributed by atoms with Gasteiger partial charge < -0.3 is 5.11 Å². The molecule has 0 bridgehead atoms. The predicted octanol–water partition coefficient (Wildman–Crippen LogP) is 3.61. The van der Waals surface area contributed by atoms with Crippen LogP contribution in [0.3, 0.4) is 0 Å². The second-order valence-corrected chi connectivity index (χ2v) is 4.34. The Hall–Kier alpha value is -1.35. The Morgan fingerprint density at radius 1 is 1.27 bits per heavy atom. The number of aromatic carboxylic acids is 1. The van der Waals surface area contributed by atoms with Gasteiger partial charge in [0.25, 0.3) is 0 Å². The van der Waals surface area contributed by atoms with Crippen LogP contribution in [0.4, 0.5) is 0 Å². The van der Waals surface area contributed by atoms with Crippen molar-refractivity contribution in [1.82, 2.24) is 0 Å². The van der Waals surface area contributed by atoms with E-state index in [1.54, 1.807) is 12.1 Å². The van der Waals surface area contributed by atoms with Gasteiger partial charge in [-0.05, 0) is 29.8 Å². The first-order chi connectivity index (χ1) is 7.08. The zero-order valence-electron chi connectivity index (χ0n) is 8.12. The number of benzene rings is 2. The van der Waals surface area contributed by atoms with E-state index in [1.165, 1.54) is 0 Å². The van der Waals surface area contributed by atoms with E-state index in [2.05, 4.69) is 15.9 Å². The number of carboxylic acids is 1. The predicted molar refractivity (Wildman–Crippen MR) is 63.3 cm³/mol. The maximum atomic E-state index is 10.8. The number of carbonyl (C=O) groups is 1. The molecule has 2 nitrogen and oxygen atoms in total. The summed E-state index contributed by atoms with van der Waals surface area (Å²) in [5.41, 5.74) is 1.46. The third kappa shape index (κ3) is 1.88. The SMILES string of the molecule is Cc1ccc2cc(C(=O)O)cc(Br)c2c1. The minimum atomic E-state index is -0.904. The van der Waals surface area contributed by atoms with Crippen LogP contribution in [-0.4, -0.2) is 11.1 Å². The highest BCUT2D eigenvalue weighted by atomic mass is 79.9. The monoisotopic (exact) mass is 264 g/mol. The highest BCUT2D eigenvalue weighted by molar-refractivity contribution is 9.10. The van der Waals surface area contributed by atoms with Crippen molar-refractivity contribution in [1.29, 1.82) is 0 Å². The maximum Gasteiger partial charge on any atom is 0.335 e. The summed E-state index contributed by atoms with van der Waals surface area (Å²) in [4.78, 5) is 10.8. The summed E-state index contributed by atoms with van der Waals surface area (Å²) >= 11 is 3.39. The summed E-state index contributed by atoms with van der Waals surface area (Å²) in [6.45, 7) is 2.01. The van der Waals surface area contributed by atoms with Gasteiger partial charge in [0.15, 0.2) is 0 Å². The molecule has 0 aliphatic carbocycles. The van der Waals surface area contributed by atoms with Gasteiger partial charge in [0.2, 0.25) is 0 Å². The van der Waals surface area contributed by atoms with E-state index >= 15 is 0 Å². The Kier molecular flexibility index (Phi) is 2.49. The number of carboxylic acid groups (broad SMARTS) is 1. The molecule has 2 aromatic rings. The number of rotatable bonds is 1. The van der Waals surface area contributed by atoms with Gasteiger partial charge in [-0.3, -0.25) is 0 Å². The van der Waals surface area contributed by atoms with Crippen molar-refractivity contribution in [3.05, 3.63) is 45.9 Å². The fraction of sp³-hybridized carbons (Fsp3) is 0.0833. The van der Waals surface area contributed by atoms with Gasteiger partial charge in [0.1, 0.15) is 0 Å². The third-order valence-electron chi connectivity index (χ3n) is 2.31. The zero-order valence-corrected chi connectivity index (χ0v) is 9.71. The molecule has 0 aromatic heterocycles. The summed E-state index contributed by atoms with van der Waals surface area (Å²) in [7, 11) is 0. The number of halogens is 1. The maximum absolute atomic E-state index is 10.8. The molecule has 0 amide bonds. The van der Waals surface area contributed by atoms with E-state index in [-0.39, 0.29) is 0 Å². The third-order valence-corrected chi connectivity index (χ3v) is 2.96. The molecule has 76 valence electrons. The van der Waals surface area contributed by atoms with Crippen molar-refractivity contribution >= 4 is 32.7 Å². The Labute approximate surface area is 95.7 Å². The summed E-state index contributed by atoms with van der Waals surface area (Å²) in [6, 6.07) is 9.25. The molecule has 2 rings (SSSR count). The Bertz CT molecular complexity index is 547. The second-order valence-electron chi connectivity index (χ2n) is 3.49. The van der Waals surface area contributed by atoms with Crippen LogP contribution in [0.2, 0.25) is 0 Å². The lowest BCUT2D eigenvalue weighted by molar-refractivity contribution is 0.0697. The molecular weight excluding hydrogens is 256 g/mol. The number of fused-ring (bicyclic) bond motifs is 1. The van der Waals surface area contributed by atoms with Crippen molar-refractivity contribution in [2.24, 2.45) is 0 Å². The van der Waals surface area contributed by atoms with Crippen LogP contribution in [0.15, 0.2) is 34.8 Å². The summed E-state index contributed by atoms with van der Waals surface area (Å²) < 4.78 is 0.820. The smallest absolute Gasteiger partial charge is 0.335 e. The zero-order chi connectivity index (χ0) is 11.0. The van der Waals surface area contributed by atoms with E-state index in [1.807, 2.05) is 25.1 Å². The quantitative estimate of drug-likeness (QED) is 0.855. The van der Waals surface area contributed by atoms with Gasteiger partial charge >= 0.3 is 5.97 Å². The Balaban J connectivity index is 2.78. The van der Waals surface area contributed by atoms with Crippen molar-refractivity contribution < 1.29 is 9.90 Å². The lowest BCUT2D eigenvalue weighted by Crippen LogP contribution is -1.96. The molecule has 1 N–H and O–H groups in total. The van der Waals surface area contributed by atoms with Gasteiger partial charge in [0.05, 0.1) is 5.56 Å². The van der Waals surface area contributed by atoms with Crippen molar-refractivity contribution in [3.8, 4) is 0 Å². The molecule has 2 aromatic carbocycles. The molecule has 0 spiro atoms. The van der Waals surface area contributed by atoms with Gasteiger partial charge in [-0.15, -0.1) is 0 Å². The first-order valence-electron chi connectivity index (χ1n) is 4.51. The molecule has 0 heterocycles. The standard InChI is InChI=1S/C12H9BrO2/c1-7-2-3-8-5-9(12(14)15)6-11(13)10(8)4-7/h2-6H,1H3,(H,14,15). The number of aryl methyl sites for hydroxylation is 1. The summed E-state index contributed by atoms with van der Waals surface area (Å²) in [5, 5.41) is 10.9. The van der Waals surface area contributed by atoms with E-state index < -0.39 is 5.97 Å². The van der Waals surface area contributed by atoms with Crippen molar-refractivity contribution in [3.63, 3.8) is 0 Å². The largest absolute Gasteiger partial charge is 0.478 e. The lowest BCUT2D eigenvalue weighted by atomic mass is 10.0. The van der Waals surface area contributed by atoms with E-state index in [0.717, 1.165) is 20.8 Å².